The van der Waals surface area contributed by atoms with Gasteiger partial charge in [-0.05, 0) is 48.4 Å². The maximum atomic E-state index is 13.5. The molecule has 2 aromatic rings. The summed E-state index contributed by atoms with van der Waals surface area (Å²) in [7, 11) is 1.62. The lowest BCUT2D eigenvalue weighted by Crippen LogP contribution is -2.24. The van der Waals surface area contributed by atoms with Crippen LogP contribution in [0.15, 0.2) is 36.4 Å². The summed E-state index contributed by atoms with van der Waals surface area (Å²) in [6, 6.07) is 10.2. The first-order valence-corrected chi connectivity index (χ1v) is 6.94. The molecule has 0 spiro atoms. The second-order valence-corrected chi connectivity index (χ2v) is 5.35. The van der Waals surface area contributed by atoms with Crippen LogP contribution in [0.3, 0.4) is 0 Å². The Bertz CT molecular complexity index is 672. The van der Waals surface area contributed by atoms with E-state index in [1.807, 2.05) is 25.1 Å². The van der Waals surface area contributed by atoms with Crippen LogP contribution in [0, 0.1) is 12.7 Å². The normalized spacial score (nSPS) is 20.6. The summed E-state index contributed by atoms with van der Waals surface area (Å²) in [5.74, 6) is 1.24. The quantitative estimate of drug-likeness (QED) is 0.916. The summed E-state index contributed by atoms with van der Waals surface area (Å²) in [6.45, 7) is 1.95. The lowest BCUT2D eigenvalue weighted by atomic mass is 9.91. The van der Waals surface area contributed by atoms with E-state index in [2.05, 4.69) is 0 Å². The molecule has 1 heterocycles. The van der Waals surface area contributed by atoms with Gasteiger partial charge < -0.3 is 15.2 Å². The molecule has 4 heteroatoms. The van der Waals surface area contributed by atoms with Gasteiger partial charge in [0.05, 0.1) is 7.11 Å². The zero-order valence-corrected chi connectivity index (χ0v) is 12.1. The number of hydrogen-bond acceptors (Lipinski definition) is 3. The number of halogens is 1. The molecule has 2 aromatic carbocycles. The minimum absolute atomic E-state index is 0.156. The van der Waals surface area contributed by atoms with E-state index in [0.717, 1.165) is 28.2 Å². The highest BCUT2D eigenvalue weighted by molar-refractivity contribution is 5.44. The molecule has 1 aliphatic heterocycles. The maximum absolute atomic E-state index is 13.5. The molecule has 3 nitrogen and oxygen atoms in total. The Labute approximate surface area is 123 Å². The fourth-order valence-electron chi connectivity index (χ4n) is 2.76. The minimum atomic E-state index is -0.256. The van der Waals surface area contributed by atoms with Gasteiger partial charge in [-0.25, -0.2) is 4.39 Å². The van der Waals surface area contributed by atoms with Gasteiger partial charge in [0.2, 0.25) is 0 Å². The molecule has 2 atom stereocenters. The largest absolute Gasteiger partial charge is 0.497 e. The van der Waals surface area contributed by atoms with Gasteiger partial charge in [0.15, 0.2) is 0 Å². The molecule has 1 aliphatic rings. The van der Waals surface area contributed by atoms with Crippen LogP contribution >= 0.6 is 0 Å². The zero-order valence-electron chi connectivity index (χ0n) is 12.1. The monoisotopic (exact) mass is 287 g/mol. The highest BCUT2D eigenvalue weighted by Gasteiger charge is 2.28. The van der Waals surface area contributed by atoms with Gasteiger partial charge in [-0.3, -0.25) is 0 Å². The molecule has 3 rings (SSSR count). The smallest absolute Gasteiger partial charge is 0.126 e. The van der Waals surface area contributed by atoms with E-state index in [-0.39, 0.29) is 18.0 Å². The topological polar surface area (TPSA) is 44.5 Å². The van der Waals surface area contributed by atoms with Gasteiger partial charge in [-0.1, -0.05) is 6.07 Å². The first kappa shape index (κ1) is 13.9. The number of hydrogen-bond donors (Lipinski definition) is 1. The SMILES string of the molecule is COc1ccc2c(c1)[C@H](N)CC(c1cc(F)ccc1C)O2. The van der Waals surface area contributed by atoms with Crippen molar-refractivity contribution in [3.8, 4) is 11.5 Å². The predicted molar refractivity (Wildman–Crippen MR) is 79.0 cm³/mol. The van der Waals surface area contributed by atoms with Crippen molar-refractivity contribution in [1.82, 2.24) is 0 Å². The average molecular weight is 287 g/mol. The first-order valence-electron chi connectivity index (χ1n) is 6.94. The van der Waals surface area contributed by atoms with Gasteiger partial charge in [-0.15, -0.1) is 0 Å². The molecule has 0 bridgehead atoms. The van der Waals surface area contributed by atoms with Crippen molar-refractivity contribution in [1.29, 1.82) is 0 Å². The molecule has 0 amide bonds. The average Bonchev–Trinajstić information content (AvgIpc) is 2.49. The summed E-state index contributed by atoms with van der Waals surface area (Å²) < 4.78 is 24.7. The Morgan fingerprint density at radius 2 is 2.00 bits per heavy atom. The molecule has 0 radical (unpaired) electrons. The van der Waals surface area contributed by atoms with Gasteiger partial charge in [0.25, 0.3) is 0 Å². The van der Waals surface area contributed by atoms with E-state index < -0.39 is 0 Å². The molecule has 21 heavy (non-hydrogen) atoms. The van der Waals surface area contributed by atoms with Crippen molar-refractivity contribution in [2.24, 2.45) is 5.73 Å². The standard InChI is InChI=1S/C17H18FNO2/c1-10-3-4-11(18)7-13(10)17-9-15(19)14-8-12(20-2)5-6-16(14)21-17/h3-8,15,17H,9,19H2,1-2H3/t15-,17?/m1/s1. The van der Waals surface area contributed by atoms with Gasteiger partial charge >= 0.3 is 0 Å². The van der Waals surface area contributed by atoms with Crippen molar-refractivity contribution in [2.75, 3.05) is 7.11 Å². The van der Waals surface area contributed by atoms with Crippen LogP contribution in [-0.4, -0.2) is 7.11 Å². The fraction of sp³-hybridized carbons (Fsp3) is 0.294. The predicted octanol–water partition coefficient (Wildman–Crippen LogP) is 3.67. The number of fused-ring (bicyclic) bond motifs is 1. The minimum Gasteiger partial charge on any atom is -0.497 e. The number of rotatable bonds is 2. The van der Waals surface area contributed by atoms with E-state index in [0.29, 0.717) is 6.42 Å². The van der Waals surface area contributed by atoms with E-state index in [1.54, 1.807) is 13.2 Å². The van der Waals surface area contributed by atoms with E-state index >= 15 is 0 Å². The zero-order chi connectivity index (χ0) is 15.0. The summed E-state index contributed by atoms with van der Waals surface area (Å²) in [6.07, 6.45) is 0.390. The number of ether oxygens (including phenoxy) is 2. The molecule has 0 saturated heterocycles. The molecular weight excluding hydrogens is 269 g/mol. The van der Waals surface area contributed by atoms with Crippen molar-refractivity contribution < 1.29 is 13.9 Å². The second kappa shape index (κ2) is 5.37. The van der Waals surface area contributed by atoms with Crippen LogP contribution in [0.25, 0.3) is 0 Å². The number of methoxy groups -OCH3 is 1. The summed E-state index contributed by atoms with van der Waals surface area (Å²) in [5, 5.41) is 0. The Morgan fingerprint density at radius 1 is 1.19 bits per heavy atom. The van der Waals surface area contributed by atoms with E-state index in [9.17, 15) is 4.39 Å². The van der Waals surface area contributed by atoms with Crippen LogP contribution < -0.4 is 15.2 Å². The van der Waals surface area contributed by atoms with Crippen LogP contribution in [0.1, 0.15) is 35.3 Å². The van der Waals surface area contributed by atoms with Crippen molar-refractivity contribution in [2.45, 2.75) is 25.5 Å². The number of benzene rings is 2. The van der Waals surface area contributed by atoms with Gasteiger partial charge in [0, 0.05) is 18.0 Å². The van der Waals surface area contributed by atoms with Crippen LogP contribution in [0.5, 0.6) is 11.5 Å². The molecular formula is C17H18FNO2. The highest BCUT2D eigenvalue weighted by atomic mass is 19.1. The second-order valence-electron chi connectivity index (χ2n) is 5.35. The van der Waals surface area contributed by atoms with Gasteiger partial charge in [-0.2, -0.15) is 0 Å². The maximum Gasteiger partial charge on any atom is 0.126 e. The lowest BCUT2D eigenvalue weighted by molar-refractivity contribution is 0.160. The molecule has 0 aliphatic carbocycles. The lowest BCUT2D eigenvalue weighted by Gasteiger charge is -2.31. The number of aryl methyl sites for hydroxylation is 1. The fourth-order valence-corrected chi connectivity index (χ4v) is 2.76. The van der Waals surface area contributed by atoms with Crippen molar-refractivity contribution in [3.05, 3.63) is 58.9 Å². The van der Waals surface area contributed by atoms with E-state index in [1.165, 1.54) is 12.1 Å². The molecule has 1 unspecified atom stereocenters. The Balaban J connectivity index is 1.96. The number of nitrogens with two attached hydrogens (primary N) is 1. The van der Waals surface area contributed by atoms with Crippen LogP contribution in [0.2, 0.25) is 0 Å². The Morgan fingerprint density at radius 3 is 2.76 bits per heavy atom. The van der Waals surface area contributed by atoms with E-state index in [4.69, 9.17) is 15.2 Å². The molecule has 0 saturated carbocycles. The van der Waals surface area contributed by atoms with Crippen molar-refractivity contribution >= 4 is 0 Å². The van der Waals surface area contributed by atoms with Gasteiger partial charge in [0.1, 0.15) is 23.4 Å². The molecule has 0 aromatic heterocycles. The third-order valence-electron chi connectivity index (χ3n) is 3.94. The molecule has 2 N–H and O–H groups in total. The summed E-state index contributed by atoms with van der Waals surface area (Å²) in [4.78, 5) is 0. The summed E-state index contributed by atoms with van der Waals surface area (Å²) >= 11 is 0. The summed E-state index contributed by atoms with van der Waals surface area (Å²) in [5.41, 5.74) is 9.05. The van der Waals surface area contributed by atoms with Crippen LogP contribution in [0.4, 0.5) is 4.39 Å². The molecule has 0 fully saturated rings. The highest BCUT2D eigenvalue weighted by Crippen LogP contribution is 2.41. The third-order valence-corrected chi connectivity index (χ3v) is 3.94. The van der Waals surface area contributed by atoms with Crippen molar-refractivity contribution in [3.63, 3.8) is 0 Å². The Kier molecular flexibility index (Phi) is 3.55. The first-order chi connectivity index (χ1) is 10.1. The Hall–Kier alpha value is -2.07. The van der Waals surface area contributed by atoms with Crippen LogP contribution in [-0.2, 0) is 0 Å². The third kappa shape index (κ3) is 2.59. The molecule has 110 valence electrons.